The van der Waals surface area contributed by atoms with Gasteiger partial charge >= 0.3 is 5.97 Å². The number of guanidine groups is 2. The molecular formula is C20H38N10O5S. The molecule has 36 heavy (non-hydrogen) atoms. The fourth-order valence-corrected chi connectivity index (χ4v) is 3.70. The van der Waals surface area contributed by atoms with Crippen molar-refractivity contribution in [2.24, 2.45) is 32.9 Å². The molecule has 1 rings (SSSR count). The molecule has 16 heteroatoms. The van der Waals surface area contributed by atoms with Crippen LogP contribution < -0.4 is 44.2 Å². The molecule has 3 amide bonds. The summed E-state index contributed by atoms with van der Waals surface area (Å²) in [7, 11) is 0. The quantitative estimate of drug-likeness (QED) is 0.0404. The lowest BCUT2D eigenvalue weighted by Gasteiger charge is -2.25. The zero-order chi connectivity index (χ0) is 27.1. The molecular weight excluding hydrogens is 492 g/mol. The van der Waals surface area contributed by atoms with Gasteiger partial charge in [0.05, 0.1) is 6.04 Å². The molecule has 0 aromatic heterocycles. The molecule has 0 spiro atoms. The van der Waals surface area contributed by atoms with Crippen molar-refractivity contribution >= 4 is 48.2 Å². The van der Waals surface area contributed by atoms with E-state index in [2.05, 4.69) is 43.9 Å². The van der Waals surface area contributed by atoms with Gasteiger partial charge in [-0.25, -0.2) is 4.79 Å². The predicted octanol–water partition coefficient (Wildman–Crippen LogP) is -3.69. The number of carboxylic acid groups (broad SMARTS) is 1. The Morgan fingerprint density at radius 1 is 0.889 bits per heavy atom. The summed E-state index contributed by atoms with van der Waals surface area (Å²) in [5, 5.41) is 20.0. The van der Waals surface area contributed by atoms with Crippen LogP contribution in [0.4, 0.5) is 0 Å². The highest BCUT2D eigenvalue weighted by Gasteiger charge is 2.31. The third-order valence-electron chi connectivity index (χ3n) is 5.33. The second-order valence-corrected chi connectivity index (χ2v) is 8.62. The Morgan fingerprint density at radius 3 is 1.81 bits per heavy atom. The molecule has 0 aromatic carbocycles. The van der Waals surface area contributed by atoms with Gasteiger partial charge in [0.15, 0.2) is 11.9 Å². The molecule has 4 atom stereocenters. The minimum absolute atomic E-state index is 0.0927. The van der Waals surface area contributed by atoms with Gasteiger partial charge in [0.1, 0.15) is 18.1 Å². The molecule has 1 fully saturated rings. The van der Waals surface area contributed by atoms with Crippen LogP contribution in [0.3, 0.4) is 0 Å². The van der Waals surface area contributed by atoms with Gasteiger partial charge in [0.25, 0.3) is 0 Å². The zero-order valence-electron chi connectivity index (χ0n) is 20.1. The van der Waals surface area contributed by atoms with E-state index in [9.17, 15) is 24.3 Å². The van der Waals surface area contributed by atoms with Crippen LogP contribution in [0.15, 0.2) is 9.98 Å². The van der Waals surface area contributed by atoms with Crippen molar-refractivity contribution in [1.29, 1.82) is 0 Å². The smallest absolute Gasteiger partial charge is 0.327 e. The predicted molar refractivity (Wildman–Crippen MR) is 138 cm³/mol. The van der Waals surface area contributed by atoms with Gasteiger partial charge in [-0.1, -0.05) is 0 Å². The number of nitrogens with one attached hydrogen (secondary N) is 4. The lowest BCUT2D eigenvalue weighted by Crippen LogP contribution is -2.57. The van der Waals surface area contributed by atoms with Gasteiger partial charge in [-0.15, -0.1) is 0 Å². The number of carbonyl (C=O) groups is 4. The van der Waals surface area contributed by atoms with E-state index in [1.165, 1.54) is 0 Å². The van der Waals surface area contributed by atoms with E-state index in [1.54, 1.807) is 0 Å². The Morgan fingerprint density at radius 2 is 1.39 bits per heavy atom. The summed E-state index contributed by atoms with van der Waals surface area (Å²) in [6.07, 6.45) is 2.51. The first kappa shape index (κ1) is 30.8. The molecule has 15 nitrogen and oxygen atoms in total. The number of carbonyl (C=O) groups excluding carboxylic acids is 3. The van der Waals surface area contributed by atoms with Gasteiger partial charge in [0.2, 0.25) is 17.7 Å². The van der Waals surface area contributed by atoms with Crippen LogP contribution in [0.5, 0.6) is 0 Å². The first-order chi connectivity index (χ1) is 17.0. The molecule has 0 aliphatic carbocycles. The highest BCUT2D eigenvalue weighted by Crippen LogP contribution is 2.08. The molecule has 13 N–H and O–H groups in total. The first-order valence-electron chi connectivity index (χ1n) is 11.6. The Labute approximate surface area is 215 Å². The van der Waals surface area contributed by atoms with E-state index in [-0.39, 0.29) is 49.5 Å². The second-order valence-electron chi connectivity index (χ2n) is 8.25. The molecule has 1 aliphatic heterocycles. The number of rotatable bonds is 16. The molecule has 0 saturated carbocycles. The number of aliphatic carboxylic acids is 1. The van der Waals surface area contributed by atoms with Gasteiger partial charge in [-0.2, -0.15) is 12.6 Å². The van der Waals surface area contributed by atoms with E-state index >= 15 is 0 Å². The van der Waals surface area contributed by atoms with Crippen LogP contribution in [0.2, 0.25) is 0 Å². The van der Waals surface area contributed by atoms with Crippen molar-refractivity contribution in [3.63, 3.8) is 0 Å². The van der Waals surface area contributed by atoms with Gasteiger partial charge in [0, 0.05) is 18.8 Å². The lowest BCUT2D eigenvalue weighted by atomic mass is 10.1. The van der Waals surface area contributed by atoms with Crippen LogP contribution in [0.1, 0.15) is 38.5 Å². The maximum atomic E-state index is 13.2. The summed E-state index contributed by atoms with van der Waals surface area (Å²) in [6.45, 7) is 1.14. The van der Waals surface area contributed by atoms with Gasteiger partial charge < -0.3 is 49.3 Å². The number of thiol groups is 1. The fourth-order valence-electron chi connectivity index (χ4n) is 3.46. The third-order valence-corrected chi connectivity index (χ3v) is 5.70. The van der Waals surface area contributed by atoms with E-state index in [1.807, 2.05) is 0 Å². The Balaban J connectivity index is 2.96. The van der Waals surface area contributed by atoms with Crippen molar-refractivity contribution in [3.05, 3.63) is 0 Å². The molecule has 4 unspecified atom stereocenters. The van der Waals surface area contributed by atoms with Crippen molar-refractivity contribution in [3.8, 4) is 0 Å². The normalized spacial score (nSPS) is 17.2. The summed E-state index contributed by atoms with van der Waals surface area (Å²) in [6, 6.07) is -3.73. The molecule has 0 bridgehead atoms. The van der Waals surface area contributed by atoms with E-state index < -0.39 is 42.0 Å². The molecule has 0 aromatic rings. The first-order valence-corrected chi connectivity index (χ1v) is 12.3. The number of nitrogens with zero attached hydrogens (tertiary/aromatic N) is 2. The Hall–Kier alpha value is -3.27. The standard InChI is InChI=1S/C20H38N10O5S/c21-19(22)26-8-2-5-12(28-15(31)11-4-1-7-25-11)16(32)29-13(6-3-9-27-20(23)24)17(33)30-14(10-36)18(34)35/h11-14,25,36H,1-10H2,(H,28,31)(H,29,32)(H,30,33)(H,34,35)(H4,21,22,26)(H4,23,24,27). The van der Waals surface area contributed by atoms with Crippen LogP contribution in [-0.4, -0.2) is 90.3 Å². The number of nitrogens with two attached hydrogens (primary N) is 4. The molecule has 1 aliphatic rings. The highest BCUT2D eigenvalue weighted by molar-refractivity contribution is 7.80. The zero-order valence-corrected chi connectivity index (χ0v) is 21.0. The average Bonchev–Trinajstić information content (AvgIpc) is 3.35. The fraction of sp³-hybridized carbons (Fsp3) is 0.700. The van der Waals surface area contributed by atoms with Crippen LogP contribution in [0, 0.1) is 0 Å². The van der Waals surface area contributed by atoms with Crippen molar-refractivity contribution in [1.82, 2.24) is 21.3 Å². The van der Waals surface area contributed by atoms with Crippen molar-refractivity contribution < 1.29 is 24.3 Å². The molecule has 0 radical (unpaired) electrons. The number of aliphatic imine (C=N–C) groups is 2. The molecule has 204 valence electrons. The maximum absolute atomic E-state index is 13.2. The Kier molecular flexibility index (Phi) is 14.0. The highest BCUT2D eigenvalue weighted by atomic mass is 32.1. The topological polar surface area (TPSA) is 265 Å². The summed E-state index contributed by atoms with van der Waals surface area (Å²) in [4.78, 5) is 57.7. The van der Waals surface area contributed by atoms with Crippen LogP contribution in [0.25, 0.3) is 0 Å². The summed E-state index contributed by atoms with van der Waals surface area (Å²) < 4.78 is 0. The monoisotopic (exact) mass is 530 g/mol. The average molecular weight is 531 g/mol. The molecule has 1 saturated heterocycles. The van der Waals surface area contributed by atoms with Gasteiger partial charge in [-0.3, -0.25) is 24.4 Å². The van der Waals surface area contributed by atoms with E-state index in [0.29, 0.717) is 25.8 Å². The number of hydrogen-bond acceptors (Lipinski definition) is 8. The summed E-state index contributed by atoms with van der Waals surface area (Å²) in [5.74, 6) is -3.27. The van der Waals surface area contributed by atoms with Crippen molar-refractivity contribution in [2.75, 3.05) is 25.4 Å². The minimum atomic E-state index is -1.27. The minimum Gasteiger partial charge on any atom is -0.480 e. The van der Waals surface area contributed by atoms with Crippen LogP contribution in [-0.2, 0) is 19.2 Å². The number of amides is 3. The lowest BCUT2D eigenvalue weighted by molar-refractivity contribution is -0.141. The maximum Gasteiger partial charge on any atom is 0.327 e. The third kappa shape index (κ3) is 11.9. The SMILES string of the molecule is NC(N)=NCCCC(NC(=O)C(CCCN=C(N)N)NC(=O)C1CCCN1)C(=O)NC(CS)C(=O)O. The van der Waals surface area contributed by atoms with E-state index in [0.717, 1.165) is 6.42 Å². The van der Waals surface area contributed by atoms with Gasteiger partial charge in [-0.05, 0) is 45.1 Å². The van der Waals surface area contributed by atoms with E-state index in [4.69, 9.17) is 22.9 Å². The molecule has 1 heterocycles. The van der Waals surface area contributed by atoms with Crippen LogP contribution >= 0.6 is 12.6 Å². The number of carboxylic acids is 1. The van der Waals surface area contributed by atoms with Crippen molar-refractivity contribution in [2.45, 2.75) is 62.7 Å². The second kappa shape index (κ2) is 16.4. The summed E-state index contributed by atoms with van der Waals surface area (Å²) in [5.41, 5.74) is 21.3. The largest absolute Gasteiger partial charge is 0.480 e. The Bertz CT molecular complexity index is 811. The number of hydrogen-bond donors (Lipinski definition) is 10. The summed E-state index contributed by atoms with van der Waals surface area (Å²) >= 11 is 3.94.